The van der Waals surface area contributed by atoms with Gasteiger partial charge in [0.15, 0.2) is 0 Å². The summed E-state index contributed by atoms with van der Waals surface area (Å²) in [6.07, 6.45) is 0. The minimum atomic E-state index is -1.21. The summed E-state index contributed by atoms with van der Waals surface area (Å²) in [5.74, 6) is -2.42. The predicted octanol–water partition coefficient (Wildman–Crippen LogP) is 3.86. The number of nitrogens with one attached hydrogen (secondary N) is 2. The Kier molecular flexibility index (Phi) is 14.9. The van der Waals surface area contributed by atoms with Crippen LogP contribution in [-0.2, 0) is 17.1 Å². The van der Waals surface area contributed by atoms with E-state index in [0.717, 1.165) is 22.5 Å². The zero-order valence-electron chi connectivity index (χ0n) is 20.8. The first kappa shape index (κ1) is 35.4. The Labute approximate surface area is 246 Å². The van der Waals surface area contributed by atoms with Crippen molar-refractivity contribution in [2.45, 2.75) is 13.8 Å². The molecule has 1 radical (unpaired) electrons. The molecule has 0 heterocycles. The number of halogens is 2. The molecule has 0 saturated carbocycles. The molecular weight excluding hydrogens is 586 g/mol. The maximum atomic E-state index is 11.0. The molecule has 205 valence electrons. The zero-order valence-corrected chi connectivity index (χ0v) is 23.5. The molecule has 0 spiro atoms. The molecule has 6 N–H and O–H groups in total. The second kappa shape index (κ2) is 16.4. The van der Waals surface area contributed by atoms with Crippen LogP contribution in [0.1, 0.15) is 31.8 Å². The summed E-state index contributed by atoms with van der Waals surface area (Å²) >= 11 is 12.0. The molecule has 0 aliphatic rings. The molecular formula is C28H26Cl2MnN2O6. The van der Waals surface area contributed by atoms with E-state index in [1.165, 1.54) is 12.1 Å². The van der Waals surface area contributed by atoms with E-state index in [0.29, 0.717) is 21.4 Å². The van der Waals surface area contributed by atoms with E-state index in [9.17, 15) is 19.8 Å². The molecule has 0 fully saturated rings. The van der Waals surface area contributed by atoms with Gasteiger partial charge in [0.05, 0.1) is 11.9 Å². The average molecular weight is 612 g/mol. The van der Waals surface area contributed by atoms with E-state index in [-0.39, 0.29) is 39.1 Å². The van der Waals surface area contributed by atoms with Gasteiger partial charge in [0.25, 0.3) is 0 Å². The first-order valence-corrected chi connectivity index (χ1v) is 11.6. The van der Waals surface area contributed by atoms with Crippen LogP contribution in [0.4, 0.5) is 22.7 Å². The van der Waals surface area contributed by atoms with Crippen molar-refractivity contribution in [1.29, 1.82) is 0 Å². The summed E-state index contributed by atoms with van der Waals surface area (Å²) < 4.78 is 0. The predicted molar refractivity (Wildman–Crippen MR) is 148 cm³/mol. The molecule has 0 aromatic heterocycles. The number of para-hydroxylation sites is 2. The van der Waals surface area contributed by atoms with E-state index in [1.54, 1.807) is 60.7 Å². The number of hydrogen-bond acceptors (Lipinski definition) is 6. The minimum Gasteiger partial charge on any atom is -0.545 e. The van der Waals surface area contributed by atoms with Crippen molar-refractivity contribution in [3.8, 4) is 0 Å². The molecule has 0 bridgehead atoms. The van der Waals surface area contributed by atoms with Crippen molar-refractivity contribution in [2.75, 3.05) is 10.6 Å². The number of benzene rings is 4. The maximum absolute atomic E-state index is 11.0. The van der Waals surface area contributed by atoms with Crippen LogP contribution in [0.25, 0.3) is 0 Å². The molecule has 0 saturated heterocycles. The van der Waals surface area contributed by atoms with Gasteiger partial charge < -0.3 is 41.4 Å². The number of hydrogen-bond donors (Lipinski definition) is 2. The standard InChI is InChI=1S/2C14H12ClNO2.Mn.2H2O/c2*1-9-11(15)6-4-8-12(9)16-13-7-3-2-5-10(13)14(17)18;;;/h2*2-8,16H,1H3,(H,17,18);;2*1H2/q;;+2;;/p-2. The van der Waals surface area contributed by atoms with Crippen LogP contribution in [0.5, 0.6) is 0 Å². The Morgan fingerprint density at radius 2 is 0.872 bits per heavy atom. The van der Waals surface area contributed by atoms with Gasteiger partial charge in [-0.1, -0.05) is 71.7 Å². The van der Waals surface area contributed by atoms with Crippen molar-refractivity contribution in [3.63, 3.8) is 0 Å². The van der Waals surface area contributed by atoms with Crippen LogP contribution >= 0.6 is 23.2 Å². The monoisotopic (exact) mass is 611 g/mol. The number of carbonyl (C=O) groups excluding carboxylic acids is 2. The maximum Gasteiger partial charge on any atom is 2.00 e. The van der Waals surface area contributed by atoms with Gasteiger partial charge in [-0.2, -0.15) is 0 Å². The number of carbonyl (C=O) groups is 2. The summed E-state index contributed by atoms with van der Waals surface area (Å²) in [4.78, 5) is 22.0. The smallest absolute Gasteiger partial charge is 0.545 e. The largest absolute Gasteiger partial charge is 2.00 e. The van der Waals surface area contributed by atoms with Crippen LogP contribution in [0.3, 0.4) is 0 Å². The quantitative estimate of drug-likeness (QED) is 0.314. The van der Waals surface area contributed by atoms with Gasteiger partial charge in [-0.3, -0.25) is 0 Å². The average Bonchev–Trinajstić information content (AvgIpc) is 2.86. The Morgan fingerprint density at radius 3 is 1.21 bits per heavy atom. The first-order valence-electron chi connectivity index (χ1n) is 10.8. The fourth-order valence-corrected chi connectivity index (χ4v) is 3.67. The van der Waals surface area contributed by atoms with E-state index in [2.05, 4.69) is 10.6 Å². The van der Waals surface area contributed by atoms with Crippen molar-refractivity contribution < 1.29 is 47.8 Å². The molecule has 0 unspecified atom stereocenters. The van der Waals surface area contributed by atoms with Crippen LogP contribution in [0.2, 0.25) is 10.0 Å². The third-order valence-corrected chi connectivity index (χ3v) is 6.19. The second-order valence-electron chi connectivity index (χ2n) is 7.74. The summed E-state index contributed by atoms with van der Waals surface area (Å²) in [6.45, 7) is 3.73. The Hall–Kier alpha value is -3.56. The summed E-state index contributed by atoms with van der Waals surface area (Å²) in [5.41, 5.74) is 4.51. The molecule has 8 nitrogen and oxygen atoms in total. The van der Waals surface area contributed by atoms with Gasteiger partial charge in [-0.15, -0.1) is 0 Å². The van der Waals surface area contributed by atoms with E-state index in [1.807, 2.05) is 26.0 Å². The van der Waals surface area contributed by atoms with Crippen molar-refractivity contribution in [1.82, 2.24) is 0 Å². The molecule has 11 heteroatoms. The van der Waals surface area contributed by atoms with Gasteiger partial charge in [0, 0.05) is 43.9 Å². The van der Waals surface area contributed by atoms with Crippen molar-refractivity contribution >= 4 is 57.9 Å². The number of anilines is 4. The van der Waals surface area contributed by atoms with Gasteiger partial charge in [-0.25, -0.2) is 0 Å². The first-order chi connectivity index (χ1) is 17.2. The topological polar surface area (TPSA) is 167 Å². The summed E-state index contributed by atoms with van der Waals surface area (Å²) in [6, 6.07) is 24.1. The SMILES string of the molecule is Cc1c(Cl)cccc1Nc1ccccc1C(=O)[O-].Cc1c(Cl)cccc1Nc1ccccc1C(=O)[O-].O.O.[Mn+2]. The molecule has 0 amide bonds. The van der Waals surface area contributed by atoms with Crippen molar-refractivity contribution in [3.05, 3.63) is 117 Å². The number of carboxylic acid groups (broad SMARTS) is 2. The van der Waals surface area contributed by atoms with Crippen LogP contribution in [0.15, 0.2) is 84.9 Å². The minimum absolute atomic E-state index is 0. The number of carboxylic acids is 2. The third-order valence-electron chi connectivity index (χ3n) is 5.37. The second-order valence-corrected chi connectivity index (χ2v) is 8.56. The zero-order chi connectivity index (χ0) is 26.2. The van der Waals surface area contributed by atoms with Crippen LogP contribution in [-0.4, -0.2) is 22.9 Å². The number of aromatic carboxylic acids is 2. The van der Waals surface area contributed by atoms with Crippen molar-refractivity contribution in [2.24, 2.45) is 0 Å². The van der Waals surface area contributed by atoms with Gasteiger partial charge in [-0.05, 0) is 61.4 Å². The van der Waals surface area contributed by atoms with Gasteiger partial charge in [0.2, 0.25) is 0 Å². The Bertz CT molecular complexity index is 1310. The Balaban J connectivity index is 0.000000688. The third kappa shape index (κ3) is 9.30. The molecule has 0 aliphatic heterocycles. The fraction of sp³-hybridized carbons (Fsp3) is 0.0714. The molecule has 0 aliphatic carbocycles. The summed E-state index contributed by atoms with van der Waals surface area (Å²) in [7, 11) is 0. The van der Waals surface area contributed by atoms with E-state index in [4.69, 9.17) is 23.2 Å². The van der Waals surface area contributed by atoms with E-state index >= 15 is 0 Å². The molecule has 0 atom stereocenters. The van der Waals surface area contributed by atoms with Crippen LogP contribution in [0, 0.1) is 13.8 Å². The Morgan fingerprint density at radius 1 is 0.564 bits per heavy atom. The molecule has 39 heavy (non-hydrogen) atoms. The number of rotatable bonds is 6. The van der Waals surface area contributed by atoms with Gasteiger partial charge >= 0.3 is 17.1 Å². The molecule has 4 rings (SSSR count). The fourth-order valence-electron chi connectivity index (χ4n) is 3.32. The van der Waals surface area contributed by atoms with Crippen LogP contribution < -0.4 is 20.8 Å². The summed E-state index contributed by atoms with van der Waals surface area (Å²) in [5, 5.41) is 29.3. The molecule has 4 aromatic rings. The van der Waals surface area contributed by atoms with E-state index < -0.39 is 11.9 Å². The normalized spacial score (nSPS) is 9.33. The van der Waals surface area contributed by atoms with Gasteiger partial charge in [0.1, 0.15) is 0 Å². The molecule has 4 aromatic carbocycles.